The van der Waals surface area contributed by atoms with Gasteiger partial charge in [-0.25, -0.2) is 0 Å². The summed E-state index contributed by atoms with van der Waals surface area (Å²) in [4.78, 5) is 8.94. The van der Waals surface area contributed by atoms with Crippen LogP contribution < -0.4 is 0 Å². The van der Waals surface area contributed by atoms with Gasteiger partial charge in [0, 0.05) is 29.2 Å². The first kappa shape index (κ1) is 16.5. The molecule has 0 aliphatic rings. The minimum atomic E-state index is 0.939. The van der Waals surface area contributed by atoms with Gasteiger partial charge in [0.25, 0.3) is 0 Å². The predicted molar refractivity (Wildman–Crippen MR) is 108 cm³/mol. The third kappa shape index (κ3) is 3.65. The summed E-state index contributed by atoms with van der Waals surface area (Å²) in [6.45, 7) is 4.16. The molecule has 2 nitrogen and oxygen atoms in total. The van der Waals surface area contributed by atoms with Crippen molar-refractivity contribution in [1.82, 2.24) is 9.97 Å². The van der Waals surface area contributed by atoms with E-state index in [9.17, 15) is 0 Å². The highest BCUT2D eigenvalue weighted by molar-refractivity contribution is 5.81. The molecule has 0 atom stereocenters. The Balaban J connectivity index is 1.54. The molecular formula is C24H22N2. The summed E-state index contributed by atoms with van der Waals surface area (Å²) in [5.74, 6) is 0. The van der Waals surface area contributed by atoms with Crippen LogP contribution in [-0.4, -0.2) is 9.97 Å². The maximum Gasteiger partial charge on any atom is 0.0413 e. The van der Waals surface area contributed by atoms with Crippen molar-refractivity contribution in [1.29, 1.82) is 0 Å². The van der Waals surface area contributed by atoms with Gasteiger partial charge < -0.3 is 0 Å². The third-order valence-corrected chi connectivity index (χ3v) is 4.74. The van der Waals surface area contributed by atoms with Crippen LogP contribution in [0.25, 0.3) is 21.9 Å². The van der Waals surface area contributed by atoms with Crippen LogP contribution in [0.1, 0.15) is 22.5 Å². The van der Waals surface area contributed by atoms with Gasteiger partial charge in [-0.15, -0.1) is 0 Å². The molecule has 4 rings (SSSR count). The Kier molecular flexibility index (Phi) is 4.49. The highest BCUT2D eigenvalue weighted by atomic mass is 14.7. The van der Waals surface area contributed by atoms with Crippen molar-refractivity contribution >= 4 is 10.8 Å². The number of fused-ring (bicyclic) bond motifs is 1. The molecule has 0 aliphatic carbocycles. The van der Waals surface area contributed by atoms with Gasteiger partial charge in [0.15, 0.2) is 0 Å². The second kappa shape index (κ2) is 7.09. The van der Waals surface area contributed by atoms with E-state index in [4.69, 9.17) is 0 Å². The van der Waals surface area contributed by atoms with E-state index in [-0.39, 0.29) is 0 Å². The van der Waals surface area contributed by atoms with Gasteiger partial charge in [0.05, 0.1) is 0 Å². The lowest BCUT2D eigenvalue weighted by molar-refractivity contribution is 0.918. The van der Waals surface area contributed by atoms with E-state index >= 15 is 0 Å². The molecule has 2 aromatic carbocycles. The van der Waals surface area contributed by atoms with E-state index < -0.39 is 0 Å². The fourth-order valence-corrected chi connectivity index (χ4v) is 3.33. The van der Waals surface area contributed by atoms with E-state index in [0.29, 0.717) is 0 Å². The molecular weight excluding hydrogens is 316 g/mol. The minimum Gasteiger partial charge on any atom is -0.261 e. The zero-order valence-corrected chi connectivity index (χ0v) is 15.2. The van der Waals surface area contributed by atoms with Crippen molar-refractivity contribution in [2.75, 3.05) is 0 Å². The smallest absolute Gasteiger partial charge is 0.0413 e. The highest BCUT2D eigenvalue weighted by Crippen LogP contribution is 2.22. The van der Waals surface area contributed by atoms with Crippen molar-refractivity contribution in [2.24, 2.45) is 0 Å². The lowest BCUT2D eigenvalue weighted by Gasteiger charge is -2.07. The summed E-state index contributed by atoms with van der Waals surface area (Å²) in [7, 11) is 0. The molecule has 0 bridgehead atoms. The van der Waals surface area contributed by atoms with Crippen LogP contribution in [0.4, 0.5) is 0 Å². The van der Waals surface area contributed by atoms with E-state index in [1.54, 1.807) is 0 Å². The number of aryl methyl sites for hydroxylation is 4. The number of hydrogen-bond acceptors (Lipinski definition) is 2. The Morgan fingerprint density at radius 3 is 2.31 bits per heavy atom. The normalized spacial score (nSPS) is 11.0. The zero-order valence-electron chi connectivity index (χ0n) is 15.2. The fraction of sp³-hybridized carbons (Fsp3) is 0.167. The molecule has 4 aromatic rings. The van der Waals surface area contributed by atoms with Gasteiger partial charge >= 0.3 is 0 Å². The maximum atomic E-state index is 4.60. The monoisotopic (exact) mass is 338 g/mol. The molecule has 0 aliphatic heterocycles. The van der Waals surface area contributed by atoms with Crippen LogP contribution in [0, 0.1) is 13.8 Å². The Morgan fingerprint density at radius 1 is 0.692 bits per heavy atom. The van der Waals surface area contributed by atoms with Crippen molar-refractivity contribution in [3.8, 4) is 11.1 Å². The van der Waals surface area contributed by atoms with Gasteiger partial charge in [-0.2, -0.15) is 0 Å². The molecule has 2 heterocycles. The molecule has 0 amide bonds. The van der Waals surface area contributed by atoms with Gasteiger partial charge in [-0.05, 0) is 60.9 Å². The van der Waals surface area contributed by atoms with Crippen LogP contribution in [0.5, 0.6) is 0 Å². The van der Waals surface area contributed by atoms with Gasteiger partial charge in [0.1, 0.15) is 0 Å². The molecule has 0 N–H and O–H groups in total. The average Bonchev–Trinajstić information content (AvgIpc) is 2.66. The molecule has 0 radical (unpaired) electrons. The molecule has 0 saturated heterocycles. The van der Waals surface area contributed by atoms with E-state index in [1.807, 2.05) is 19.3 Å². The summed E-state index contributed by atoms with van der Waals surface area (Å²) in [6, 6.07) is 21.8. The molecule has 0 spiro atoms. The van der Waals surface area contributed by atoms with E-state index in [1.165, 1.54) is 27.6 Å². The summed E-state index contributed by atoms with van der Waals surface area (Å²) in [6.07, 6.45) is 5.75. The number of aromatic nitrogens is 2. The number of hydrogen-bond donors (Lipinski definition) is 0. The topological polar surface area (TPSA) is 25.8 Å². The lowest BCUT2D eigenvalue weighted by Crippen LogP contribution is -1.95. The van der Waals surface area contributed by atoms with Gasteiger partial charge in [-0.1, -0.05) is 54.1 Å². The minimum absolute atomic E-state index is 0.939. The first-order valence-electron chi connectivity index (χ1n) is 9.05. The van der Waals surface area contributed by atoms with Crippen LogP contribution in [-0.2, 0) is 12.8 Å². The van der Waals surface area contributed by atoms with Crippen molar-refractivity contribution in [3.05, 3.63) is 95.6 Å². The first-order chi connectivity index (χ1) is 12.7. The Bertz CT molecular complexity index is 1070. The number of benzene rings is 2. The SMILES string of the molecule is Cc1cccc(-c2cccc(CCc3cc4cc(C)ncc4cn3)c2)c1. The highest BCUT2D eigenvalue weighted by Gasteiger charge is 2.03. The van der Waals surface area contributed by atoms with Crippen LogP contribution in [0.15, 0.2) is 73.1 Å². The van der Waals surface area contributed by atoms with Crippen LogP contribution in [0.3, 0.4) is 0 Å². The summed E-state index contributed by atoms with van der Waals surface area (Å²) in [5.41, 5.74) is 7.36. The van der Waals surface area contributed by atoms with Crippen LogP contribution >= 0.6 is 0 Å². The van der Waals surface area contributed by atoms with Gasteiger partial charge in [0.2, 0.25) is 0 Å². The number of nitrogens with zero attached hydrogens (tertiary/aromatic N) is 2. The average molecular weight is 338 g/mol. The van der Waals surface area contributed by atoms with Crippen LogP contribution in [0.2, 0.25) is 0 Å². The Morgan fingerprint density at radius 2 is 1.46 bits per heavy atom. The quantitative estimate of drug-likeness (QED) is 0.477. The van der Waals surface area contributed by atoms with Crippen molar-refractivity contribution in [3.63, 3.8) is 0 Å². The first-order valence-corrected chi connectivity index (χ1v) is 9.05. The van der Waals surface area contributed by atoms with Crippen molar-refractivity contribution in [2.45, 2.75) is 26.7 Å². The number of pyridine rings is 2. The zero-order chi connectivity index (χ0) is 17.9. The summed E-state index contributed by atoms with van der Waals surface area (Å²) in [5, 5.41) is 2.32. The predicted octanol–water partition coefficient (Wildman–Crippen LogP) is 5.70. The second-order valence-electron chi connectivity index (χ2n) is 6.92. The molecule has 0 unspecified atom stereocenters. The summed E-state index contributed by atoms with van der Waals surface area (Å²) < 4.78 is 0. The maximum absolute atomic E-state index is 4.60. The van der Waals surface area contributed by atoms with E-state index in [0.717, 1.165) is 29.6 Å². The van der Waals surface area contributed by atoms with Gasteiger partial charge in [-0.3, -0.25) is 9.97 Å². The fourth-order valence-electron chi connectivity index (χ4n) is 3.33. The molecule has 0 fully saturated rings. The standard InChI is InChI=1S/C24H22N2/c1-17-5-3-7-20(11-17)21-8-4-6-19(13-21)9-10-24-14-22-12-18(2)25-15-23(22)16-26-24/h3-8,11-16H,9-10H2,1-2H3. The Labute approximate surface area is 154 Å². The molecule has 2 heteroatoms. The third-order valence-electron chi connectivity index (χ3n) is 4.74. The molecule has 26 heavy (non-hydrogen) atoms. The largest absolute Gasteiger partial charge is 0.261 e. The molecule has 0 saturated carbocycles. The molecule has 2 aromatic heterocycles. The molecule has 128 valence electrons. The number of rotatable bonds is 4. The second-order valence-corrected chi connectivity index (χ2v) is 6.92. The summed E-state index contributed by atoms with van der Waals surface area (Å²) >= 11 is 0. The van der Waals surface area contributed by atoms with E-state index in [2.05, 4.69) is 77.6 Å². The van der Waals surface area contributed by atoms with Crippen molar-refractivity contribution < 1.29 is 0 Å². The lowest BCUT2D eigenvalue weighted by atomic mass is 9.99. The Hall–Kier alpha value is -3.00.